The molecule has 4 aromatic rings. The maximum Gasteiger partial charge on any atom is 0.258 e. The number of aryl methyl sites for hydroxylation is 2. The molecule has 0 N–H and O–H groups in total. The van der Waals surface area contributed by atoms with E-state index in [0.29, 0.717) is 29.1 Å². The van der Waals surface area contributed by atoms with Gasteiger partial charge in [0.1, 0.15) is 11.3 Å². The molecule has 2 bridgehead atoms. The minimum Gasteiger partial charge on any atom is -0.364 e. The summed E-state index contributed by atoms with van der Waals surface area (Å²) >= 11 is 0. The summed E-state index contributed by atoms with van der Waals surface area (Å²) in [6.45, 7) is 9.37. The Morgan fingerprint density at radius 2 is 1.90 bits per heavy atom. The SMILES string of the molecule is CCN1C[C@@H]2C[C@H]1CN2c1ccc2nc(-c3cc4c(C)nc(C)cn4n3)cc(=O)n2c1. The zero-order valence-electron chi connectivity index (χ0n) is 18.0. The maximum atomic E-state index is 13.0. The number of nitrogens with zero attached hydrogens (tertiary/aromatic N) is 7. The predicted molar refractivity (Wildman–Crippen MR) is 120 cm³/mol. The highest BCUT2D eigenvalue weighted by Crippen LogP contribution is 2.34. The normalized spacial score (nSPS) is 21.1. The molecule has 0 amide bonds. The highest BCUT2D eigenvalue weighted by atomic mass is 16.1. The van der Waals surface area contributed by atoms with Gasteiger partial charge in [-0.25, -0.2) is 9.50 Å². The fraction of sp³-hybridized carbons (Fsp3) is 0.391. The van der Waals surface area contributed by atoms with Crippen molar-refractivity contribution >= 4 is 16.9 Å². The Morgan fingerprint density at radius 1 is 1.03 bits per heavy atom. The molecular weight excluding hydrogens is 390 g/mol. The first-order valence-electron chi connectivity index (χ1n) is 10.9. The Morgan fingerprint density at radius 3 is 2.68 bits per heavy atom. The molecule has 0 spiro atoms. The van der Waals surface area contributed by atoms with Crippen molar-refractivity contribution in [2.24, 2.45) is 0 Å². The number of likely N-dealkylation sites (N-methyl/N-ethyl adjacent to an activating group) is 1. The van der Waals surface area contributed by atoms with Crippen LogP contribution in [0.5, 0.6) is 0 Å². The molecule has 2 aliphatic rings. The van der Waals surface area contributed by atoms with Crippen LogP contribution >= 0.6 is 0 Å². The first kappa shape index (κ1) is 18.5. The molecule has 8 heteroatoms. The van der Waals surface area contributed by atoms with Crippen molar-refractivity contribution in [1.82, 2.24) is 28.9 Å². The minimum atomic E-state index is -0.0931. The van der Waals surface area contributed by atoms with Crippen molar-refractivity contribution in [3.63, 3.8) is 0 Å². The second-order valence-electron chi connectivity index (χ2n) is 8.71. The fourth-order valence-electron chi connectivity index (χ4n) is 5.26. The van der Waals surface area contributed by atoms with Crippen molar-refractivity contribution in [3.05, 3.63) is 58.4 Å². The second kappa shape index (κ2) is 6.62. The number of rotatable bonds is 3. The summed E-state index contributed by atoms with van der Waals surface area (Å²) in [5.41, 5.74) is 5.62. The average molecular weight is 416 g/mol. The summed E-state index contributed by atoms with van der Waals surface area (Å²) in [6.07, 6.45) is 5.03. The molecule has 6 heterocycles. The first-order chi connectivity index (χ1) is 15.0. The van der Waals surface area contributed by atoms with E-state index >= 15 is 0 Å². The summed E-state index contributed by atoms with van der Waals surface area (Å²) in [7, 11) is 0. The van der Waals surface area contributed by atoms with E-state index in [0.717, 1.165) is 42.2 Å². The van der Waals surface area contributed by atoms with Crippen molar-refractivity contribution < 1.29 is 0 Å². The van der Waals surface area contributed by atoms with E-state index in [1.165, 1.54) is 6.42 Å². The van der Waals surface area contributed by atoms with Crippen LogP contribution in [0.4, 0.5) is 5.69 Å². The first-order valence-corrected chi connectivity index (χ1v) is 10.9. The van der Waals surface area contributed by atoms with Crippen molar-refractivity contribution in [3.8, 4) is 11.4 Å². The van der Waals surface area contributed by atoms with E-state index in [2.05, 4.69) is 32.9 Å². The second-order valence-corrected chi connectivity index (χ2v) is 8.71. The number of piperazine rings is 1. The molecule has 0 aliphatic carbocycles. The lowest BCUT2D eigenvalue weighted by molar-refractivity contribution is 0.251. The largest absolute Gasteiger partial charge is 0.364 e. The van der Waals surface area contributed by atoms with Crippen LogP contribution < -0.4 is 10.5 Å². The molecule has 0 radical (unpaired) electrons. The van der Waals surface area contributed by atoms with Crippen molar-refractivity contribution in [1.29, 1.82) is 0 Å². The molecule has 4 aromatic heterocycles. The molecule has 31 heavy (non-hydrogen) atoms. The molecule has 0 aromatic carbocycles. The van der Waals surface area contributed by atoms with Crippen molar-refractivity contribution in [2.45, 2.75) is 39.3 Å². The van der Waals surface area contributed by atoms with E-state index < -0.39 is 0 Å². The van der Waals surface area contributed by atoms with Gasteiger partial charge in [-0.15, -0.1) is 0 Å². The third-order valence-corrected chi connectivity index (χ3v) is 6.76. The van der Waals surface area contributed by atoms with Gasteiger partial charge < -0.3 is 4.90 Å². The van der Waals surface area contributed by atoms with Gasteiger partial charge in [-0.05, 0) is 45.0 Å². The zero-order chi connectivity index (χ0) is 21.3. The summed E-state index contributed by atoms with van der Waals surface area (Å²) in [5.74, 6) is 0. The van der Waals surface area contributed by atoms with Gasteiger partial charge in [0.2, 0.25) is 0 Å². The lowest BCUT2D eigenvalue weighted by Crippen LogP contribution is -2.46. The highest BCUT2D eigenvalue weighted by molar-refractivity contribution is 5.66. The number of pyridine rings is 1. The van der Waals surface area contributed by atoms with Crippen LogP contribution in [0.1, 0.15) is 24.7 Å². The Bertz CT molecular complexity index is 1390. The number of likely N-dealkylation sites (tertiary alicyclic amines) is 1. The number of aromatic nitrogens is 5. The molecule has 6 rings (SSSR count). The van der Waals surface area contributed by atoms with Crippen LogP contribution in [0.2, 0.25) is 0 Å². The summed E-state index contributed by atoms with van der Waals surface area (Å²) in [4.78, 5) is 27.2. The average Bonchev–Trinajstić information content (AvgIpc) is 3.47. The van der Waals surface area contributed by atoms with Gasteiger partial charge in [-0.1, -0.05) is 6.92 Å². The lowest BCUT2D eigenvalue weighted by Gasteiger charge is -2.35. The molecule has 158 valence electrons. The Kier molecular flexibility index (Phi) is 3.95. The number of hydrogen-bond donors (Lipinski definition) is 0. The third-order valence-electron chi connectivity index (χ3n) is 6.76. The number of fused-ring (bicyclic) bond motifs is 4. The molecular formula is C23H25N7O. The van der Waals surface area contributed by atoms with Crippen LogP contribution in [-0.4, -0.2) is 60.6 Å². The zero-order valence-corrected chi connectivity index (χ0v) is 18.0. The van der Waals surface area contributed by atoms with Crippen LogP contribution in [0.15, 0.2) is 41.5 Å². The van der Waals surface area contributed by atoms with E-state index in [9.17, 15) is 4.79 Å². The van der Waals surface area contributed by atoms with Gasteiger partial charge in [-0.3, -0.25) is 19.1 Å². The van der Waals surface area contributed by atoms with Crippen LogP contribution in [0, 0.1) is 13.8 Å². The summed E-state index contributed by atoms with van der Waals surface area (Å²) in [6, 6.07) is 8.70. The van der Waals surface area contributed by atoms with Gasteiger partial charge in [0.25, 0.3) is 5.56 Å². The topological polar surface area (TPSA) is 71.0 Å². The smallest absolute Gasteiger partial charge is 0.258 e. The molecule has 8 nitrogen and oxygen atoms in total. The maximum absolute atomic E-state index is 13.0. The monoisotopic (exact) mass is 415 g/mol. The third kappa shape index (κ3) is 2.85. The van der Waals surface area contributed by atoms with Gasteiger partial charge in [0.15, 0.2) is 0 Å². The fourth-order valence-corrected chi connectivity index (χ4v) is 5.26. The quantitative estimate of drug-likeness (QED) is 0.511. The van der Waals surface area contributed by atoms with Gasteiger partial charge >= 0.3 is 0 Å². The number of hydrogen-bond acceptors (Lipinski definition) is 6. The van der Waals surface area contributed by atoms with E-state index in [1.807, 2.05) is 42.9 Å². The van der Waals surface area contributed by atoms with Gasteiger partial charge in [-0.2, -0.15) is 5.10 Å². The molecule has 2 fully saturated rings. The van der Waals surface area contributed by atoms with Crippen LogP contribution in [0.25, 0.3) is 22.6 Å². The van der Waals surface area contributed by atoms with Crippen LogP contribution in [-0.2, 0) is 0 Å². The Balaban J connectivity index is 1.38. The van der Waals surface area contributed by atoms with E-state index in [-0.39, 0.29) is 5.56 Å². The predicted octanol–water partition coefficient (Wildman–Crippen LogP) is 2.30. The Hall–Kier alpha value is -3.26. The van der Waals surface area contributed by atoms with Crippen molar-refractivity contribution in [2.75, 3.05) is 24.5 Å². The summed E-state index contributed by atoms with van der Waals surface area (Å²) < 4.78 is 3.46. The Labute approximate surface area is 179 Å². The highest BCUT2D eigenvalue weighted by Gasteiger charge is 2.42. The van der Waals surface area contributed by atoms with Gasteiger partial charge in [0, 0.05) is 37.4 Å². The van der Waals surface area contributed by atoms with Crippen LogP contribution in [0.3, 0.4) is 0 Å². The summed E-state index contributed by atoms with van der Waals surface area (Å²) in [5, 5.41) is 4.63. The van der Waals surface area contributed by atoms with Gasteiger partial charge in [0.05, 0.1) is 34.5 Å². The standard InChI is InChI=1S/C23H25N7O/c1-4-27-11-18-7-17(27)13-28(18)16-5-6-22-25-19(9-23(31)29(22)12-16)20-8-21-15(3)24-14(2)10-30(21)26-20/h5-6,8-10,12,17-18H,4,7,11,13H2,1-3H3/t17-,18-/m0/s1. The molecule has 0 saturated carbocycles. The minimum absolute atomic E-state index is 0.0931. The molecule has 2 atom stereocenters. The molecule has 2 aliphatic heterocycles. The lowest BCUT2D eigenvalue weighted by atomic mass is 10.2. The molecule has 2 saturated heterocycles. The number of anilines is 1. The van der Waals surface area contributed by atoms with E-state index in [1.54, 1.807) is 10.5 Å². The molecule has 0 unspecified atom stereocenters. The van der Waals surface area contributed by atoms with E-state index in [4.69, 9.17) is 4.98 Å².